The number of hydrogen-bond donors (Lipinski definition) is 1. The van der Waals surface area contributed by atoms with Crippen LogP contribution in [0.25, 0.3) is 0 Å². The van der Waals surface area contributed by atoms with Crippen molar-refractivity contribution in [2.75, 3.05) is 13.1 Å². The molecule has 0 radical (unpaired) electrons. The number of likely N-dealkylation sites (tertiary alicyclic amines) is 1. The topological polar surface area (TPSA) is 23.5 Å². The highest BCUT2D eigenvalue weighted by molar-refractivity contribution is 5.38. The first-order valence-corrected chi connectivity index (χ1v) is 8.51. The van der Waals surface area contributed by atoms with Crippen molar-refractivity contribution >= 4 is 0 Å². The van der Waals surface area contributed by atoms with Crippen molar-refractivity contribution in [3.63, 3.8) is 0 Å². The number of fused-ring (bicyclic) bond motifs is 1. The Labute approximate surface area is 129 Å². The fourth-order valence-corrected chi connectivity index (χ4v) is 4.22. The molecule has 2 heteroatoms. The molecule has 1 unspecified atom stereocenters. The zero-order valence-electron chi connectivity index (χ0n) is 13.7. The second kappa shape index (κ2) is 5.64. The number of nitrogens with zero attached hydrogens (tertiary/aromatic N) is 1. The maximum atomic E-state index is 9.83. The van der Waals surface area contributed by atoms with Crippen molar-refractivity contribution in [2.45, 2.75) is 58.9 Å². The van der Waals surface area contributed by atoms with E-state index in [0.717, 1.165) is 5.92 Å². The summed E-state index contributed by atoms with van der Waals surface area (Å²) in [6.07, 6.45) is 6.32. The Bertz CT molecular complexity index is 495. The van der Waals surface area contributed by atoms with Crippen molar-refractivity contribution < 1.29 is 5.11 Å². The van der Waals surface area contributed by atoms with E-state index in [2.05, 4.69) is 31.7 Å². The average Bonchev–Trinajstić information content (AvgIpc) is 2.46. The summed E-state index contributed by atoms with van der Waals surface area (Å²) in [4.78, 5) is 2.67. The third-order valence-electron chi connectivity index (χ3n) is 5.61. The van der Waals surface area contributed by atoms with E-state index in [1.807, 2.05) is 12.1 Å². The molecule has 0 saturated carbocycles. The molecule has 1 aliphatic heterocycles. The molecule has 1 saturated heterocycles. The molecule has 0 aromatic heterocycles. The zero-order valence-corrected chi connectivity index (χ0v) is 13.7. The molecule has 1 heterocycles. The molecule has 0 bridgehead atoms. The predicted molar refractivity (Wildman–Crippen MR) is 87.5 cm³/mol. The van der Waals surface area contributed by atoms with Gasteiger partial charge in [-0.1, -0.05) is 26.8 Å². The van der Waals surface area contributed by atoms with Gasteiger partial charge in [0, 0.05) is 6.04 Å². The summed E-state index contributed by atoms with van der Waals surface area (Å²) in [6, 6.07) is 6.50. The highest BCUT2D eigenvalue weighted by Gasteiger charge is 2.33. The minimum absolute atomic E-state index is 0.422. The van der Waals surface area contributed by atoms with Crippen molar-refractivity contribution in [3.05, 3.63) is 29.3 Å². The Morgan fingerprint density at radius 2 is 1.81 bits per heavy atom. The van der Waals surface area contributed by atoms with Gasteiger partial charge >= 0.3 is 0 Å². The number of aryl methyl sites for hydroxylation is 1. The Morgan fingerprint density at radius 1 is 1.10 bits per heavy atom. The first-order chi connectivity index (χ1) is 9.95. The summed E-state index contributed by atoms with van der Waals surface area (Å²) < 4.78 is 0. The standard InChI is InChI=1S/C19H29NO/c1-19(2,3)15-9-11-20(12-10-15)18-6-4-5-14-7-8-16(21)13-17(14)18/h7-8,13,15,18,21H,4-6,9-12H2,1-3H3. The Kier molecular flexibility index (Phi) is 4.00. The van der Waals surface area contributed by atoms with E-state index < -0.39 is 0 Å². The molecular weight excluding hydrogens is 258 g/mol. The Hall–Kier alpha value is -1.02. The lowest BCUT2D eigenvalue weighted by Gasteiger charge is -2.43. The summed E-state index contributed by atoms with van der Waals surface area (Å²) in [5.41, 5.74) is 3.27. The van der Waals surface area contributed by atoms with Crippen LogP contribution in [0.2, 0.25) is 0 Å². The fraction of sp³-hybridized carbons (Fsp3) is 0.684. The van der Waals surface area contributed by atoms with E-state index >= 15 is 0 Å². The lowest BCUT2D eigenvalue weighted by molar-refractivity contribution is 0.0759. The molecule has 21 heavy (non-hydrogen) atoms. The smallest absolute Gasteiger partial charge is 0.115 e. The highest BCUT2D eigenvalue weighted by Crippen LogP contribution is 2.40. The van der Waals surface area contributed by atoms with Crippen LogP contribution in [0.4, 0.5) is 0 Å². The minimum atomic E-state index is 0.422. The maximum Gasteiger partial charge on any atom is 0.115 e. The van der Waals surface area contributed by atoms with E-state index in [-0.39, 0.29) is 0 Å². The number of phenolic OH excluding ortho intramolecular Hbond substituents is 1. The van der Waals surface area contributed by atoms with Gasteiger partial charge in [-0.3, -0.25) is 4.90 Å². The van der Waals surface area contributed by atoms with Gasteiger partial charge < -0.3 is 5.11 Å². The van der Waals surface area contributed by atoms with Gasteiger partial charge in [0.25, 0.3) is 0 Å². The van der Waals surface area contributed by atoms with E-state index in [9.17, 15) is 5.11 Å². The van der Waals surface area contributed by atoms with Crippen LogP contribution in [0.1, 0.15) is 63.6 Å². The van der Waals surface area contributed by atoms with Crippen molar-refractivity contribution in [2.24, 2.45) is 11.3 Å². The summed E-state index contributed by atoms with van der Waals surface area (Å²) in [7, 11) is 0. The predicted octanol–water partition coefficient (Wildman–Crippen LogP) is 4.53. The lowest BCUT2D eigenvalue weighted by Crippen LogP contribution is -2.41. The van der Waals surface area contributed by atoms with Gasteiger partial charge in [0.15, 0.2) is 0 Å². The number of hydrogen-bond acceptors (Lipinski definition) is 2. The van der Waals surface area contributed by atoms with Crippen LogP contribution in [0.15, 0.2) is 18.2 Å². The first-order valence-electron chi connectivity index (χ1n) is 8.51. The number of aromatic hydroxyl groups is 1. The first kappa shape index (κ1) is 14.9. The van der Waals surface area contributed by atoms with Gasteiger partial charge in [-0.05, 0) is 79.8 Å². The molecule has 2 aliphatic rings. The normalized spacial score (nSPS) is 24.8. The largest absolute Gasteiger partial charge is 0.508 e. The second-order valence-electron chi connectivity index (χ2n) is 7.97. The van der Waals surface area contributed by atoms with Crippen LogP contribution in [-0.4, -0.2) is 23.1 Å². The molecule has 1 atom stereocenters. The third kappa shape index (κ3) is 3.11. The molecular formula is C19H29NO. The fourth-order valence-electron chi connectivity index (χ4n) is 4.22. The van der Waals surface area contributed by atoms with Crippen LogP contribution < -0.4 is 0 Å². The van der Waals surface area contributed by atoms with E-state index in [1.54, 1.807) is 0 Å². The minimum Gasteiger partial charge on any atom is -0.508 e. The molecule has 1 N–H and O–H groups in total. The van der Waals surface area contributed by atoms with Gasteiger partial charge in [-0.25, -0.2) is 0 Å². The number of rotatable bonds is 1. The van der Waals surface area contributed by atoms with Crippen molar-refractivity contribution in [1.82, 2.24) is 4.90 Å². The van der Waals surface area contributed by atoms with E-state index in [4.69, 9.17) is 0 Å². The summed E-state index contributed by atoms with van der Waals surface area (Å²) in [5.74, 6) is 1.27. The van der Waals surface area contributed by atoms with Gasteiger partial charge in [0.1, 0.15) is 5.75 Å². The number of phenols is 1. The zero-order chi connectivity index (χ0) is 15.0. The molecule has 1 fully saturated rings. The Morgan fingerprint density at radius 3 is 2.48 bits per heavy atom. The van der Waals surface area contributed by atoms with Crippen molar-refractivity contribution in [1.29, 1.82) is 0 Å². The monoisotopic (exact) mass is 287 g/mol. The van der Waals surface area contributed by atoms with E-state index in [0.29, 0.717) is 17.2 Å². The Balaban J connectivity index is 1.74. The number of piperidine rings is 1. The van der Waals surface area contributed by atoms with Crippen LogP contribution in [0.5, 0.6) is 5.75 Å². The van der Waals surface area contributed by atoms with Gasteiger partial charge in [0.2, 0.25) is 0 Å². The van der Waals surface area contributed by atoms with Crippen molar-refractivity contribution in [3.8, 4) is 5.75 Å². The van der Waals surface area contributed by atoms with Gasteiger partial charge in [-0.15, -0.1) is 0 Å². The average molecular weight is 287 g/mol. The molecule has 3 rings (SSSR count). The summed E-state index contributed by atoms with van der Waals surface area (Å²) >= 11 is 0. The van der Waals surface area contributed by atoms with Crippen LogP contribution >= 0.6 is 0 Å². The lowest BCUT2D eigenvalue weighted by atomic mass is 9.74. The molecule has 1 aromatic carbocycles. The summed E-state index contributed by atoms with van der Waals surface area (Å²) in [5, 5.41) is 9.83. The van der Waals surface area contributed by atoms with E-state index in [1.165, 1.54) is 56.3 Å². The summed E-state index contributed by atoms with van der Waals surface area (Å²) in [6.45, 7) is 9.55. The van der Waals surface area contributed by atoms with Gasteiger partial charge in [-0.2, -0.15) is 0 Å². The maximum absolute atomic E-state index is 9.83. The van der Waals surface area contributed by atoms with Gasteiger partial charge in [0.05, 0.1) is 0 Å². The van der Waals surface area contributed by atoms with Crippen LogP contribution in [0.3, 0.4) is 0 Å². The third-order valence-corrected chi connectivity index (χ3v) is 5.61. The van der Waals surface area contributed by atoms with Crippen LogP contribution in [-0.2, 0) is 6.42 Å². The molecule has 1 aliphatic carbocycles. The molecule has 116 valence electrons. The number of benzene rings is 1. The quantitative estimate of drug-likeness (QED) is 0.820. The SMILES string of the molecule is CC(C)(C)C1CCN(C2CCCc3ccc(O)cc32)CC1. The molecule has 0 amide bonds. The van der Waals surface area contributed by atoms with Crippen LogP contribution in [0, 0.1) is 11.3 Å². The molecule has 0 spiro atoms. The second-order valence-corrected chi connectivity index (χ2v) is 7.97. The highest BCUT2D eigenvalue weighted by atomic mass is 16.3. The molecule has 1 aromatic rings. The molecule has 2 nitrogen and oxygen atoms in total.